The first kappa shape index (κ1) is 13.8. The number of hydrogen-bond donors (Lipinski definition) is 1. The molecule has 1 aliphatic carbocycles. The lowest BCUT2D eigenvalue weighted by molar-refractivity contribution is 0.101. The van der Waals surface area contributed by atoms with E-state index in [0.717, 1.165) is 11.0 Å². The molecule has 1 aromatic rings. The number of ketones is 1. The van der Waals surface area contributed by atoms with E-state index in [1.54, 1.807) is 0 Å². The summed E-state index contributed by atoms with van der Waals surface area (Å²) in [6.07, 6.45) is 8.18. The van der Waals surface area contributed by atoms with Crippen LogP contribution in [0.4, 0.5) is 0 Å². The summed E-state index contributed by atoms with van der Waals surface area (Å²) in [6.45, 7) is 1.74. The molecule has 0 bridgehead atoms. The van der Waals surface area contributed by atoms with Gasteiger partial charge in [-0.15, -0.1) is 0 Å². The summed E-state index contributed by atoms with van der Waals surface area (Å²) in [7, 11) is 0. The van der Waals surface area contributed by atoms with Crippen molar-refractivity contribution in [3.8, 4) is 0 Å². The first-order chi connectivity index (χ1) is 9.09. The van der Waals surface area contributed by atoms with Crippen molar-refractivity contribution in [2.45, 2.75) is 52.0 Å². The van der Waals surface area contributed by atoms with E-state index in [9.17, 15) is 14.4 Å². The first-order valence-electron chi connectivity index (χ1n) is 6.93. The van der Waals surface area contributed by atoms with Gasteiger partial charge in [0.1, 0.15) is 0 Å². The Hall–Kier alpha value is -1.65. The van der Waals surface area contributed by atoms with Crippen molar-refractivity contribution in [3.05, 3.63) is 32.6 Å². The highest BCUT2D eigenvalue weighted by Crippen LogP contribution is 2.26. The average Bonchev–Trinajstić information content (AvgIpc) is 2.39. The standard InChI is InChI=1S/C14H20N2O3/c1-10(17)12-9-15-14(19)16(13(12)18)8-7-11-5-3-2-4-6-11/h9,11H,2-8H2,1H3,(H,15,19). The Morgan fingerprint density at radius 2 is 2.00 bits per heavy atom. The fourth-order valence-corrected chi connectivity index (χ4v) is 2.75. The van der Waals surface area contributed by atoms with Crippen LogP contribution < -0.4 is 11.2 Å². The number of nitrogens with one attached hydrogen (secondary N) is 1. The summed E-state index contributed by atoms with van der Waals surface area (Å²) in [5.41, 5.74) is -0.832. The molecule has 0 saturated heterocycles. The number of Topliss-reactive ketones (excluding diaryl/α,β-unsaturated/α-hetero) is 1. The molecule has 0 aliphatic heterocycles. The van der Waals surface area contributed by atoms with Gasteiger partial charge in [0.15, 0.2) is 5.78 Å². The lowest BCUT2D eigenvalue weighted by atomic mass is 9.87. The molecule has 0 spiro atoms. The van der Waals surface area contributed by atoms with Crippen molar-refractivity contribution in [3.63, 3.8) is 0 Å². The Morgan fingerprint density at radius 3 is 2.63 bits per heavy atom. The average molecular weight is 264 g/mol. The summed E-state index contributed by atoms with van der Waals surface area (Å²) in [4.78, 5) is 37.5. The second kappa shape index (κ2) is 5.99. The fraction of sp³-hybridized carbons (Fsp3) is 0.643. The number of aromatic nitrogens is 2. The van der Waals surface area contributed by atoms with Gasteiger partial charge in [0.2, 0.25) is 0 Å². The van der Waals surface area contributed by atoms with E-state index in [-0.39, 0.29) is 11.3 Å². The van der Waals surface area contributed by atoms with Crippen LogP contribution in [0.3, 0.4) is 0 Å². The minimum atomic E-state index is -0.466. The molecule has 0 unspecified atom stereocenters. The Balaban J connectivity index is 2.15. The molecule has 1 N–H and O–H groups in total. The van der Waals surface area contributed by atoms with E-state index in [1.807, 2.05) is 0 Å². The quantitative estimate of drug-likeness (QED) is 0.841. The Labute approximate surface area is 111 Å². The topological polar surface area (TPSA) is 71.9 Å². The maximum absolute atomic E-state index is 12.0. The van der Waals surface area contributed by atoms with E-state index in [4.69, 9.17) is 0 Å². The molecule has 0 aromatic carbocycles. The summed E-state index contributed by atoms with van der Waals surface area (Å²) < 4.78 is 1.16. The minimum Gasteiger partial charge on any atom is -0.313 e. The van der Waals surface area contributed by atoms with Gasteiger partial charge in [0.05, 0.1) is 5.56 Å². The van der Waals surface area contributed by atoms with Gasteiger partial charge in [-0.3, -0.25) is 14.2 Å². The first-order valence-corrected chi connectivity index (χ1v) is 6.93. The Kier molecular flexibility index (Phi) is 4.35. The summed E-state index contributed by atoms with van der Waals surface area (Å²) in [6, 6.07) is 0. The molecule has 1 saturated carbocycles. The number of H-pyrrole nitrogens is 1. The van der Waals surface area contributed by atoms with Crippen LogP contribution in [0.2, 0.25) is 0 Å². The van der Waals surface area contributed by atoms with Gasteiger partial charge in [0, 0.05) is 12.7 Å². The highest BCUT2D eigenvalue weighted by Gasteiger charge is 2.15. The maximum atomic E-state index is 12.0. The summed E-state index contributed by atoms with van der Waals surface area (Å²) in [5.74, 6) is 0.286. The molecule has 5 nitrogen and oxygen atoms in total. The summed E-state index contributed by atoms with van der Waals surface area (Å²) >= 11 is 0. The van der Waals surface area contributed by atoms with Crippen LogP contribution >= 0.6 is 0 Å². The van der Waals surface area contributed by atoms with Crippen molar-refractivity contribution < 1.29 is 4.79 Å². The van der Waals surface area contributed by atoms with Crippen molar-refractivity contribution in [2.75, 3.05) is 0 Å². The predicted molar refractivity (Wildman–Crippen MR) is 72.5 cm³/mol. The Bertz CT molecular complexity index is 565. The van der Waals surface area contributed by atoms with E-state index in [0.29, 0.717) is 12.5 Å². The van der Waals surface area contributed by atoms with Gasteiger partial charge in [-0.2, -0.15) is 0 Å². The zero-order chi connectivity index (χ0) is 13.8. The third-order valence-corrected chi connectivity index (χ3v) is 3.93. The normalized spacial score (nSPS) is 16.5. The van der Waals surface area contributed by atoms with Crippen LogP contribution in [0, 0.1) is 5.92 Å². The van der Waals surface area contributed by atoms with Crippen LogP contribution in [-0.4, -0.2) is 15.3 Å². The largest absolute Gasteiger partial charge is 0.328 e. The minimum absolute atomic E-state index is 0.0586. The van der Waals surface area contributed by atoms with E-state index < -0.39 is 11.2 Å². The number of carbonyl (C=O) groups is 1. The van der Waals surface area contributed by atoms with Crippen LogP contribution in [0.5, 0.6) is 0 Å². The molecule has 0 radical (unpaired) electrons. The smallest absolute Gasteiger partial charge is 0.313 e. The second-order valence-corrected chi connectivity index (χ2v) is 5.31. The monoisotopic (exact) mass is 264 g/mol. The number of aromatic amines is 1. The van der Waals surface area contributed by atoms with Gasteiger partial charge in [-0.1, -0.05) is 32.1 Å². The molecule has 1 fully saturated rings. The van der Waals surface area contributed by atoms with Crippen LogP contribution in [0.15, 0.2) is 15.8 Å². The Morgan fingerprint density at radius 1 is 1.32 bits per heavy atom. The van der Waals surface area contributed by atoms with Crippen LogP contribution in [-0.2, 0) is 6.54 Å². The van der Waals surface area contributed by atoms with E-state index >= 15 is 0 Å². The van der Waals surface area contributed by atoms with Gasteiger partial charge < -0.3 is 4.98 Å². The van der Waals surface area contributed by atoms with Gasteiger partial charge in [-0.25, -0.2) is 4.79 Å². The predicted octanol–water partition coefficient (Wildman–Crippen LogP) is 1.71. The molecule has 1 heterocycles. The molecule has 0 amide bonds. The number of hydrogen-bond acceptors (Lipinski definition) is 3. The third kappa shape index (κ3) is 3.22. The molecule has 19 heavy (non-hydrogen) atoms. The van der Waals surface area contributed by atoms with E-state index in [1.165, 1.54) is 45.2 Å². The molecule has 1 aliphatic rings. The molecular weight excluding hydrogens is 244 g/mol. The lowest BCUT2D eigenvalue weighted by Crippen LogP contribution is -2.38. The molecule has 2 rings (SSSR count). The number of nitrogens with zero attached hydrogens (tertiary/aromatic N) is 1. The van der Waals surface area contributed by atoms with E-state index in [2.05, 4.69) is 4.98 Å². The van der Waals surface area contributed by atoms with Gasteiger partial charge in [0.25, 0.3) is 5.56 Å². The fourth-order valence-electron chi connectivity index (χ4n) is 2.75. The zero-order valence-corrected chi connectivity index (χ0v) is 11.3. The highest BCUT2D eigenvalue weighted by molar-refractivity contribution is 5.93. The molecular formula is C14H20N2O3. The molecule has 1 aromatic heterocycles. The van der Waals surface area contributed by atoms with Gasteiger partial charge in [-0.05, 0) is 19.3 Å². The van der Waals surface area contributed by atoms with Gasteiger partial charge >= 0.3 is 5.69 Å². The second-order valence-electron chi connectivity index (χ2n) is 5.31. The maximum Gasteiger partial charge on any atom is 0.328 e. The lowest BCUT2D eigenvalue weighted by Gasteiger charge is -2.21. The van der Waals surface area contributed by atoms with Crippen molar-refractivity contribution >= 4 is 5.78 Å². The third-order valence-electron chi connectivity index (χ3n) is 3.93. The molecule has 104 valence electrons. The van der Waals surface area contributed by atoms with Crippen molar-refractivity contribution in [1.82, 2.24) is 9.55 Å². The highest BCUT2D eigenvalue weighted by atomic mass is 16.2. The van der Waals surface area contributed by atoms with Crippen molar-refractivity contribution in [1.29, 1.82) is 0 Å². The molecule has 5 heteroatoms. The zero-order valence-electron chi connectivity index (χ0n) is 11.3. The number of rotatable bonds is 4. The summed E-state index contributed by atoms with van der Waals surface area (Å²) in [5, 5.41) is 0. The SMILES string of the molecule is CC(=O)c1c[nH]c(=O)n(CCC2CCCCC2)c1=O. The van der Waals surface area contributed by atoms with Crippen molar-refractivity contribution in [2.24, 2.45) is 5.92 Å². The number of carbonyl (C=O) groups excluding carboxylic acids is 1. The van der Waals surface area contributed by atoms with Crippen LogP contribution in [0.1, 0.15) is 55.8 Å². The van der Waals surface area contributed by atoms with Crippen LogP contribution in [0.25, 0.3) is 0 Å². The molecule has 0 atom stereocenters.